The van der Waals surface area contributed by atoms with Crippen molar-refractivity contribution in [2.24, 2.45) is 11.0 Å². The molecule has 2 aromatic carbocycles. The molecule has 4 rings (SSSR count). The Kier molecular flexibility index (Phi) is 5.85. The van der Waals surface area contributed by atoms with Crippen molar-refractivity contribution < 1.29 is 14.6 Å². The predicted octanol–water partition coefficient (Wildman–Crippen LogP) is 4.22. The maximum absolute atomic E-state index is 13.5. The van der Waals surface area contributed by atoms with Gasteiger partial charge in [0.25, 0.3) is 5.56 Å². The Bertz CT molecular complexity index is 1250. The summed E-state index contributed by atoms with van der Waals surface area (Å²) in [5, 5.41) is 19.2. The number of pyridine rings is 1. The van der Waals surface area contributed by atoms with Crippen molar-refractivity contribution in [2.75, 3.05) is 11.7 Å². The molecule has 0 spiro atoms. The van der Waals surface area contributed by atoms with Crippen molar-refractivity contribution in [3.63, 3.8) is 0 Å². The van der Waals surface area contributed by atoms with E-state index in [2.05, 4.69) is 10.4 Å². The van der Waals surface area contributed by atoms with Crippen molar-refractivity contribution in [3.05, 3.63) is 64.6 Å². The Hall–Kier alpha value is -3.81. The van der Waals surface area contributed by atoms with Gasteiger partial charge in [-0.3, -0.25) is 4.79 Å². The number of rotatable bonds is 6. The number of ether oxygens (including phenoxy) is 1. The van der Waals surface area contributed by atoms with E-state index in [0.29, 0.717) is 30.3 Å². The van der Waals surface area contributed by atoms with Gasteiger partial charge in [0.05, 0.1) is 12.2 Å². The molecule has 3 aromatic rings. The summed E-state index contributed by atoms with van der Waals surface area (Å²) in [6.45, 7) is 6.66. The number of carboxylic acid groups (broad SMARTS) is 1. The van der Waals surface area contributed by atoms with Crippen LogP contribution in [0, 0.1) is 5.92 Å². The Morgan fingerprint density at radius 2 is 1.94 bits per heavy atom. The number of aromatic nitrogens is 1. The Morgan fingerprint density at radius 1 is 1.19 bits per heavy atom. The van der Waals surface area contributed by atoms with Gasteiger partial charge in [-0.2, -0.15) is 0 Å². The molecule has 0 radical (unpaired) electrons. The van der Waals surface area contributed by atoms with Gasteiger partial charge in [0.2, 0.25) is 5.90 Å². The molecule has 2 heterocycles. The zero-order valence-electron chi connectivity index (χ0n) is 18.3. The van der Waals surface area contributed by atoms with Crippen molar-refractivity contribution in [1.82, 2.24) is 9.88 Å². The number of nitrogens with zero attached hydrogens (tertiary/aromatic N) is 3. The summed E-state index contributed by atoms with van der Waals surface area (Å²) < 4.78 is 7.16. The van der Waals surface area contributed by atoms with Crippen LogP contribution >= 0.6 is 0 Å². The van der Waals surface area contributed by atoms with E-state index in [9.17, 15) is 14.7 Å². The average molecular weight is 434 g/mol. The van der Waals surface area contributed by atoms with Crippen LogP contribution in [0.15, 0.2) is 58.4 Å². The highest BCUT2D eigenvalue weighted by Crippen LogP contribution is 2.34. The van der Waals surface area contributed by atoms with E-state index in [1.807, 2.05) is 62.4 Å². The molecule has 0 atom stereocenters. The lowest BCUT2D eigenvalue weighted by Crippen LogP contribution is -2.31. The number of benzene rings is 2. The Balaban J connectivity index is 2.04. The second-order valence-electron chi connectivity index (χ2n) is 8.18. The van der Waals surface area contributed by atoms with Crippen LogP contribution < -0.4 is 15.9 Å². The molecule has 0 unspecified atom stereocenters. The van der Waals surface area contributed by atoms with Gasteiger partial charge in [-0.1, -0.05) is 44.2 Å². The van der Waals surface area contributed by atoms with Crippen molar-refractivity contribution in [3.8, 4) is 11.1 Å². The molecule has 0 saturated carbocycles. The first-order valence-corrected chi connectivity index (χ1v) is 10.5. The molecule has 1 aliphatic rings. The number of anilines is 1. The highest BCUT2D eigenvalue weighted by atomic mass is 16.5. The summed E-state index contributed by atoms with van der Waals surface area (Å²) >= 11 is 0. The fourth-order valence-electron chi connectivity index (χ4n) is 3.99. The van der Waals surface area contributed by atoms with Crippen LogP contribution in [0.2, 0.25) is 0 Å². The number of hydrogen-bond donors (Lipinski definition) is 2. The minimum absolute atomic E-state index is 0.0196. The van der Waals surface area contributed by atoms with Crippen LogP contribution in [0.5, 0.6) is 0 Å². The first-order valence-electron chi connectivity index (χ1n) is 10.5. The van der Waals surface area contributed by atoms with Crippen LogP contribution in [-0.4, -0.2) is 28.4 Å². The first-order chi connectivity index (χ1) is 15.3. The molecule has 1 amide bonds. The maximum Gasteiger partial charge on any atom is 0.404 e. The zero-order chi connectivity index (χ0) is 22.8. The number of hydrazone groups is 1. The lowest BCUT2D eigenvalue weighted by atomic mass is 9.95. The Labute approximate surface area is 185 Å². The largest absolute Gasteiger partial charge is 0.465 e. The monoisotopic (exact) mass is 434 g/mol. The number of nitrogens with one attached hydrogen (secondary N) is 1. The Morgan fingerprint density at radius 3 is 2.56 bits per heavy atom. The number of carbonyl (C=O) groups is 1. The summed E-state index contributed by atoms with van der Waals surface area (Å²) in [5.41, 5.74) is 3.03. The van der Waals surface area contributed by atoms with Gasteiger partial charge >= 0.3 is 6.09 Å². The third-order valence-electron chi connectivity index (χ3n) is 5.33. The quantitative estimate of drug-likeness (QED) is 0.606. The van der Waals surface area contributed by atoms with Gasteiger partial charge < -0.3 is 19.7 Å². The van der Waals surface area contributed by atoms with Gasteiger partial charge in [-0.15, -0.1) is 5.10 Å². The molecule has 32 heavy (non-hydrogen) atoms. The summed E-state index contributed by atoms with van der Waals surface area (Å²) in [4.78, 5) is 24.8. The lowest BCUT2D eigenvalue weighted by Gasteiger charge is -2.22. The standard InChI is InChI=1S/C24H26N4O4/c1-15(2)13-27-21(12-25-24(30)31)22(17-7-5-4-6-8-17)20-11-18(9-10-19(20)23(27)29)28-14-32-16(3)26-28/h4-11,15,25H,12-14H2,1-3H3,(H,30,31). The average Bonchev–Trinajstić information content (AvgIpc) is 3.20. The second kappa shape index (κ2) is 8.74. The minimum atomic E-state index is -1.14. The zero-order valence-corrected chi connectivity index (χ0v) is 18.3. The highest BCUT2D eigenvalue weighted by Gasteiger charge is 2.21. The molecule has 0 aliphatic carbocycles. The van der Waals surface area contributed by atoms with Crippen LogP contribution in [0.1, 0.15) is 26.5 Å². The first kappa shape index (κ1) is 21.4. The van der Waals surface area contributed by atoms with E-state index >= 15 is 0 Å². The van der Waals surface area contributed by atoms with Crippen molar-refractivity contribution in [2.45, 2.75) is 33.9 Å². The molecule has 166 valence electrons. The molecular formula is C24H26N4O4. The number of fused-ring (bicyclic) bond motifs is 1. The van der Waals surface area contributed by atoms with Crippen LogP contribution in [0.25, 0.3) is 21.9 Å². The van der Waals surface area contributed by atoms with Gasteiger partial charge in [-0.25, -0.2) is 9.80 Å². The molecule has 2 N–H and O–H groups in total. The fourth-order valence-corrected chi connectivity index (χ4v) is 3.99. The van der Waals surface area contributed by atoms with E-state index < -0.39 is 6.09 Å². The molecule has 0 bridgehead atoms. The van der Waals surface area contributed by atoms with Crippen molar-refractivity contribution >= 4 is 28.5 Å². The van der Waals surface area contributed by atoms with E-state index in [0.717, 1.165) is 22.2 Å². The molecule has 0 saturated heterocycles. The summed E-state index contributed by atoms with van der Waals surface area (Å²) in [7, 11) is 0. The third-order valence-corrected chi connectivity index (χ3v) is 5.33. The SMILES string of the molecule is CC1=NN(c2ccc3c(=O)n(CC(C)C)c(CNC(=O)O)c(-c4ccccc4)c3c2)CO1. The smallest absolute Gasteiger partial charge is 0.404 e. The van der Waals surface area contributed by atoms with Gasteiger partial charge in [0.15, 0.2) is 6.73 Å². The van der Waals surface area contributed by atoms with Crippen LogP contribution in [0.4, 0.5) is 10.5 Å². The summed E-state index contributed by atoms with van der Waals surface area (Å²) in [5.74, 6) is 0.780. The predicted molar refractivity (Wildman–Crippen MR) is 125 cm³/mol. The molecule has 8 heteroatoms. The van der Waals surface area contributed by atoms with E-state index in [1.165, 1.54) is 0 Å². The molecule has 1 aliphatic heterocycles. The molecule has 1 aromatic heterocycles. The molecule has 8 nitrogen and oxygen atoms in total. The van der Waals surface area contributed by atoms with E-state index in [4.69, 9.17) is 4.74 Å². The van der Waals surface area contributed by atoms with Crippen LogP contribution in [0.3, 0.4) is 0 Å². The van der Waals surface area contributed by atoms with E-state index in [1.54, 1.807) is 16.5 Å². The maximum atomic E-state index is 13.5. The minimum Gasteiger partial charge on any atom is -0.465 e. The van der Waals surface area contributed by atoms with Gasteiger partial charge in [-0.05, 0) is 35.1 Å². The lowest BCUT2D eigenvalue weighted by molar-refractivity contribution is 0.193. The third kappa shape index (κ3) is 4.16. The molecular weight excluding hydrogens is 408 g/mol. The topological polar surface area (TPSA) is 96.2 Å². The van der Waals surface area contributed by atoms with Crippen molar-refractivity contribution in [1.29, 1.82) is 0 Å². The normalized spacial score (nSPS) is 13.4. The van der Waals surface area contributed by atoms with E-state index in [-0.39, 0.29) is 18.0 Å². The second-order valence-corrected chi connectivity index (χ2v) is 8.18. The summed E-state index contributed by atoms with van der Waals surface area (Å²) in [6, 6.07) is 15.3. The number of hydrogen-bond acceptors (Lipinski definition) is 5. The number of amides is 1. The highest BCUT2D eigenvalue weighted by molar-refractivity contribution is 5.99. The van der Waals surface area contributed by atoms with Gasteiger partial charge in [0, 0.05) is 30.1 Å². The van der Waals surface area contributed by atoms with Crippen LogP contribution in [-0.2, 0) is 17.8 Å². The molecule has 0 fully saturated rings. The summed E-state index contributed by atoms with van der Waals surface area (Å²) in [6.07, 6.45) is -1.14. The fraction of sp³-hybridized carbons (Fsp3) is 0.292. The van der Waals surface area contributed by atoms with Gasteiger partial charge in [0.1, 0.15) is 0 Å².